The fourth-order valence-electron chi connectivity index (χ4n) is 1.83. The van der Waals surface area contributed by atoms with Crippen molar-refractivity contribution in [3.8, 4) is 5.75 Å². The second-order valence-corrected chi connectivity index (χ2v) is 7.25. The molecule has 0 atom stereocenters. The van der Waals surface area contributed by atoms with Crippen molar-refractivity contribution in [2.45, 2.75) is 6.92 Å². The van der Waals surface area contributed by atoms with Crippen LogP contribution in [0.25, 0.3) is 0 Å². The smallest absolute Gasteiger partial charge is 0.347 e. The molecule has 1 heterocycles. The number of rotatable bonds is 5. The summed E-state index contributed by atoms with van der Waals surface area (Å²) in [7, 11) is -2.17. The number of sulfonamides is 1. The van der Waals surface area contributed by atoms with Gasteiger partial charge in [-0.25, -0.2) is 22.5 Å². The summed E-state index contributed by atoms with van der Waals surface area (Å²) in [6.07, 6.45) is 1.04. The number of aryl methyl sites for hydroxylation is 1. The number of thiazole rings is 1. The van der Waals surface area contributed by atoms with Crippen molar-refractivity contribution in [1.82, 2.24) is 4.98 Å². The second-order valence-electron chi connectivity index (χ2n) is 4.44. The van der Waals surface area contributed by atoms with Crippen LogP contribution in [0.15, 0.2) is 24.3 Å². The standard InChI is InChI=1S/C13H14N2O5S2/c1-8-11(12(16)17)21-13(14-8)15(22(3,18)19)9-4-6-10(20-2)7-5-9/h4-7H,1-3H3,(H,16,17). The summed E-state index contributed by atoms with van der Waals surface area (Å²) < 4.78 is 30.2. The Morgan fingerprint density at radius 3 is 2.32 bits per heavy atom. The summed E-state index contributed by atoms with van der Waals surface area (Å²) >= 11 is 0.812. The number of nitrogens with zero attached hydrogens (tertiary/aromatic N) is 2. The van der Waals surface area contributed by atoms with Gasteiger partial charge in [0, 0.05) is 0 Å². The zero-order valence-corrected chi connectivity index (χ0v) is 13.7. The Morgan fingerprint density at radius 1 is 1.32 bits per heavy atom. The van der Waals surface area contributed by atoms with Gasteiger partial charge in [0.2, 0.25) is 15.2 Å². The number of benzene rings is 1. The third-order valence-electron chi connectivity index (χ3n) is 2.79. The number of ether oxygens (including phenoxy) is 1. The first kappa shape index (κ1) is 16.2. The summed E-state index contributed by atoms with van der Waals surface area (Å²) in [5, 5.41) is 9.17. The fourth-order valence-corrected chi connectivity index (χ4v) is 4.01. The van der Waals surface area contributed by atoms with Crippen molar-refractivity contribution in [1.29, 1.82) is 0 Å². The molecule has 0 aliphatic heterocycles. The van der Waals surface area contributed by atoms with Crippen molar-refractivity contribution in [2.24, 2.45) is 0 Å². The molecule has 2 rings (SSSR count). The van der Waals surface area contributed by atoms with Crippen LogP contribution in [0, 0.1) is 6.92 Å². The van der Waals surface area contributed by atoms with Gasteiger partial charge in [0.25, 0.3) is 0 Å². The van der Waals surface area contributed by atoms with Crippen LogP contribution in [0.1, 0.15) is 15.4 Å². The van der Waals surface area contributed by atoms with Crippen molar-refractivity contribution in [3.05, 3.63) is 34.8 Å². The van der Waals surface area contributed by atoms with Crippen molar-refractivity contribution in [2.75, 3.05) is 17.7 Å². The Morgan fingerprint density at radius 2 is 1.91 bits per heavy atom. The van der Waals surface area contributed by atoms with Gasteiger partial charge in [-0.05, 0) is 31.2 Å². The third kappa shape index (κ3) is 3.20. The molecule has 7 nitrogen and oxygen atoms in total. The van der Waals surface area contributed by atoms with Crippen LogP contribution in [0.2, 0.25) is 0 Å². The maximum Gasteiger partial charge on any atom is 0.347 e. The first-order valence-electron chi connectivity index (χ1n) is 6.09. The molecule has 0 aliphatic rings. The molecule has 1 aromatic carbocycles. The monoisotopic (exact) mass is 342 g/mol. The van der Waals surface area contributed by atoms with Gasteiger partial charge in [0.05, 0.1) is 24.7 Å². The molecule has 0 amide bonds. The van der Waals surface area contributed by atoms with Crippen molar-refractivity contribution in [3.63, 3.8) is 0 Å². The molecular formula is C13H14N2O5S2. The molecule has 0 aliphatic carbocycles. The highest BCUT2D eigenvalue weighted by molar-refractivity contribution is 7.92. The van der Waals surface area contributed by atoms with Crippen LogP contribution in [-0.2, 0) is 10.0 Å². The Hall–Kier alpha value is -2.13. The lowest BCUT2D eigenvalue weighted by Crippen LogP contribution is -2.24. The van der Waals surface area contributed by atoms with Crippen LogP contribution in [0.5, 0.6) is 5.75 Å². The molecule has 0 saturated heterocycles. The van der Waals surface area contributed by atoms with Crippen molar-refractivity contribution < 1.29 is 23.1 Å². The minimum Gasteiger partial charge on any atom is -0.497 e. The number of methoxy groups -OCH3 is 1. The Labute approximate surface area is 131 Å². The van der Waals surface area contributed by atoms with Crippen molar-refractivity contribution >= 4 is 38.1 Å². The molecule has 0 spiro atoms. The molecule has 2 aromatic rings. The predicted octanol–water partition coefficient (Wildman–Crippen LogP) is 2.26. The van der Waals surface area contributed by atoms with E-state index in [-0.39, 0.29) is 15.7 Å². The lowest BCUT2D eigenvalue weighted by atomic mass is 10.3. The highest BCUT2D eigenvalue weighted by Gasteiger charge is 2.26. The summed E-state index contributed by atoms with van der Waals surface area (Å²) in [4.78, 5) is 15.2. The van der Waals surface area contributed by atoms with Gasteiger partial charge in [-0.1, -0.05) is 11.3 Å². The minimum atomic E-state index is -3.67. The molecule has 0 radical (unpaired) electrons. The fraction of sp³-hybridized carbons (Fsp3) is 0.231. The number of carbonyl (C=O) groups is 1. The number of anilines is 2. The van der Waals surface area contributed by atoms with Gasteiger partial charge in [-0.2, -0.15) is 0 Å². The van der Waals surface area contributed by atoms with E-state index in [0.717, 1.165) is 21.9 Å². The molecule has 1 aromatic heterocycles. The van der Waals surface area contributed by atoms with Crippen LogP contribution < -0.4 is 9.04 Å². The summed E-state index contributed by atoms with van der Waals surface area (Å²) in [6, 6.07) is 6.37. The van der Waals surface area contributed by atoms with Crippen LogP contribution in [0.3, 0.4) is 0 Å². The normalized spacial score (nSPS) is 11.2. The van der Waals surface area contributed by atoms with Gasteiger partial charge in [-0.3, -0.25) is 0 Å². The lowest BCUT2D eigenvalue weighted by Gasteiger charge is -2.19. The summed E-state index contributed by atoms with van der Waals surface area (Å²) in [5.74, 6) is -0.553. The van der Waals surface area contributed by atoms with E-state index in [2.05, 4.69) is 4.98 Å². The average molecular weight is 342 g/mol. The maximum absolute atomic E-state index is 12.1. The second kappa shape index (κ2) is 5.93. The average Bonchev–Trinajstić information content (AvgIpc) is 2.80. The number of hydrogen-bond acceptors (Lipinski definition) is 6. The zero-order valence-electron chi connectivity index (χ0n) is 12.1. The molecule has 9 heteroatoms. The van der Waals surface area contributed by atoms with E-state index < -0.39 is 16.0 Å². The summed E-state index contributed by atoms with van der Waals surface area (Å²) in [5.41, 5.74) is 0.628. The van der Waals surface area contributed by atoms with E-state index in [0.29, 0.717) is 11.4 Å². The molecule has 0 fully saturated rings. The largest absolute Gasteiger partial charge is 0.497 e. The first-order chi connectivity index (χ1) is 10.2. The van der Waals surface area contributed by atoms with E-state index in [1.54, 1.807) is 24.3 Å². The van der Waals surface area contributed by atoms with Gasteiger partial charge < -0.3 is 9.84 Å². The minimum absolute atomic E-state index is 0.0113. The van der Waals surface area contributed by atoms with Gasteiger partial charge in [-0.15, -0.1) is 0 Å². The van der Waals surface area contributed by atoms with E-state index in [9.17, 15) is 13.2 Å². The Bertz CT molecular complexity index is 796. The van der Waals surface area contributed by atoms with Gasteiger partial charge in [0.15, 0.2) is 0 Å². The number of hydrogen-bond donors (Lipinski definition) is 1. The van der Waals surface area contributed by atoms with E-state index in [4.69, 9.17) is 9.84 Å². The number of carboxylic acid groups (broad SMARTS) is 1. The Balaban J connectivity index is 2.56. The third-order valence-corrected chi connectivity index (χ3v) is 5.09. The summed E-state index contributed by atoms with van der Waals surface area (Å²) in [6.45, 7) is 1.53. The predicted molar refractivity (Wildman–Crippen MR) is 83.8 cm³/mol. The number of carboxylic acids is 1. The first-order valence-corrected chi connectivity index (χ1v) is 8.75. The van der Waals surface area contributed by atoms with Crippen LogP contribution >= 0.6 is 11.3 Å². The van der Waals surface area contributed by atoms with Gasteiger partial charge in [0.1, 0.15) is 10.6 Å². The zero-order chi connectivity index (χ0) is 16.5. The molecular weight excluding hydrogens is 328 g/mol. The molecule has 0 saturated carbocycles. The molecule has 118 valence electrons. The topological polar surface area (TPSA) is 96.8 Å². The van der Waals surface area contributed by atoms with Crippen LogP contribution in [0.4, 0.5) is 10.8 Å². The molecule has 0 bridgehead atoms. The molecule has 22 heavy (non-hydrogen) atoms. The number of aromatic carboxylic acids is 1. The SMILES string of the molecule is COc1ccc(N(c2nc(C)c(C(=O)O)s2)S(C)(=O)=O)cc1. The molecule has 1 N–H and O–H groups in total. The highest BCUT2D eigenvalue weighted by atomic mass is 32.2. The maximum atomic E-state index is 12.1. The van der Waals surface area contributed by atoms with E-state index in [1.807, 2.05) is 0 Å². The quantitative estimate of drug-likeness (QED) is 0.895. The van der Waals surface area contributed by atoms with Gasteiger partial charge >= 0.3 is 5.97 Å². The van der Waals surface area contributed by atoms with E-state index >= 15 is 0 Å². The Kier molecular flexibility index (Phi) is 4.38. The number of aromatic nitrogens is 1. The molecule has 0 unspecified atom stereocenters. The van der Waals surface area contributed by atoms with E-state index in [1.165, 1.54) is 14.0 Å². The highest BCUT2D eigenvalue weighted by Crippen LogP contribution is 2.34. The van der Waals surface area contributed by atoms with Crippen LogP contribution in [-0.4, -0.2) is 37.8 Å². The lowest BCUT2D eigenvalue weighted by molar-refractivity contribution is 0.0701.